The highest BCUT2D eigenvalue weighted by molar-refractivity contribution is 5.61. The fraction of sp³-hybridized carbons (Fsp3) is 0.286. The van der Waals surface area contributed by atoms with E-state index < -0.39 is 13.0 Å². The van der Waals surface area contributed by atoms with Gasteiger partial charge < -0.3 is 10.5 Å². The minimum Gasteiger partial charge on any atom is -0.384 e. The number of rotatable bonds is 6. The van der Waals surface area contributed by atoms with Crippen LogP contribution in [-0.2, 0) is 11.2 Å². The Kier molecular flexibility index (Phi) is 4.95. The normalized spacial score (nSPS) is 10.9. The molecule has 0 bridgehead atoms. The van der Waals surface area contributed by atoms with Crippen molar-refractivity contribution in [1.29, 1.82) is 0 Å². The lowest BCUT2D eigenvalue weighted by Gasteiger charge is -2.06. The minimum absolute atomic E-state index is 0.141. The Morgan fingerprint density at radius 1 is 1.15 bits per heavy atom. The maximum absolute atomic E-state index is 11.9. The predicted octanol–water partition coefficient (Wildman–Crippen LogP) is 2.55. The molecule has 0 aliphatic carbocycles. The number of hydrogen-bond acceptors (Lipinski definition) is 4. The highest BCUT2D eigenvalue weighted by Crippen LogP contribution is 2.18. The molecule has 0 amide bonds. The van der Waals surface area contributed by atoms with Crippen molar-refractivity contribution in [2.24, 2.45) is 0 Å². The van der Waals surface area contributed by atoms with Gasteiger partial charge in [-0.3, -0.25) is 0 Å². The van der Waals surface area contributed by atoms with Crippen LogP contribution in [0.2, 0.25) is 0 Å². The van der Waals surface area contributed by atoms with Crippen molar-refractivity contribution in [3.05, 3.63) is 42.2 Å². The molecule has 1 heterocycles. The van der Waals surface area contributed by atoms with Crippen LogP contribution in [0, 0.1) is 0 Å². The van der Waals surface area contributed by atoms with E-state index in [1.165, 1.54) is 0 Å². The average molecular weight is 279 g/mol. The van der Waals surface area contributed by atoms with E-state index in [1.54, 1.807) is 6.07 Å². The van der Waals surface area contributed by atoms with E-state index in [9.17, 15) is 8.78 Å². The van der Waals surface area contributed by atoms with Crippen LogP contribution in [0.5, 0.6) is 0 Å². The van der Waals surface area contributed by atoms with Gasteiger partial charge in [-0.05, 0) is 0 Å². The van der Waals surface area contributed by atoms with Gasteiger partial charge in [-0.2, -0.15) is 0 Å². The molecule has 0 aliphatic rings. The molecule has 0 spiro atoms. The molecule has 2 rings (SSSR count). The van der Waals surface area contributed by atoms with Crippen molar-refractivity contribution in [2.75, 3.05) is 18.9 Å². The molecule has 0 atom stereocenters. The standard InChI is InChI=1S/C14H15F2N3O/c15-12(16)9-20-7-6-14-18-11(8-13(17)19-14)10-4-2-1-3-5-10/h1-5,8,12H,6-7,9H2,(H2,17,18,19). The van der Waals surface area contributed by atoms with E-state index in [4.69, 9.17) is 10.5 Å². The molecule has 0 unspecified atom stereocenters. The maximum Gasteiger partial charge on any atom is 0.261 e. The van der Waals surface area contributed by atoms with Crippen LogP contribution in [0.25, 0.3) is 11.3 Å². The zero-order valence-corrected chi connectivity index (χ0v) is 10.8. The first-order valence-corrected chi connectivity index (χ1v) is 6.20. The smallest absolute Gasteiger partial charge is 0.261 e. The van der Waals surface area contributed by atoms with Gasteiger partial charge in [0.15, 0.2) is 0 Å². The molecular formula is C14H15F2N3O. The summed E-state index contributed by atoms with van der Waals surface area (Å²) in [5.41, 5.74) is 7.37. The van der Waals surface area contributed by atoms with Crippen molar-refractivity contribution in [3.8, 4) is 11.3 Å². The third-order valence-electron chi connectivity index (χ3n) is 2.58. The van der Waals surface area contributed by atoms with Crippen molar-refractivity contribution >= 4 is 5.82 Å². The summed E-state index contributed by atoms with van der Waals surface area (Å²) in [5.74, 6) is 0.834. The Morgan fingerprint density at radius 2 is 1.90 bits per heavy atom. The van der Waals surface area contributed by atoms with E-state index in [2.05, 4.69) is 9.97 Å². The average Bonchev–Trinajstić information content (AvgIpc) is 2.44. The second kappa shape index (κ2) is 6.91. The Morgan fingerprint density at radius 3 is 2.60 bits per heavy atom. The summed E-state index contributed by atoms with van der Waals surface area (Å²) in [6.07, 6.45) is -2.12. The van der Waals surface area contributed by atoms with Crippen LogP contribution in [-0.4, -0.2) is 29.6 Å². The fourth-order valence-corrected chi connectivity index (χ4v) is 1.72. The van der Waals surface area contributed by atoms with Crippen LogP contribution >= 0.6 is 0 Å². The van der Waals surface area contributed by atoms with E-state index in [0.29, 0.717) is 23.8 Å². The monoisotopic (exact) mass is 279 g/mol. The summed E-state index contributed by atoms with van der Waals surface area (Å²) in [5, 5.41) is 0. The van der Waals surface area contributed by atoms with Gasteiger partial charge in [0.25, 0.3) is 6.43 Å². The minimum atomic E-state index is -2.46. The summed E-state index contributed by atoms with van der Waals surface area (Å²) in [7, 11) is 0. The molecule has 20 heavy (non-hydrogen) atoms. The van der Waals surface area contributed by atoms with Crippen molar-refractivity contribution in [2.45, 2.75) is 12.8 Å². The lowest BCUT2D eigenvalue weighted by atomic mass is 10.1. The lowest BCUT2D eigenvalue weighted by molar-refractivity contribution is 0.0183. The van der Waals surface area contributed by atoms with Crippen LogP contribution in [0.1, 0.15) is 5.82 Å². The van der Waals surface area contributed by atoms with Crippen molar-refractivity contribution in [1.82, 2.24) is 9.97 Å². The fourth-order valence-electron chi connectivity index (χ4n) is 1.72. The van der Waals surface area contributed by atoms with Gasteiger partial charge in [-0.1, -0.05) is 30.3 Å². The zero-order valence-electron chi connectivity index (χ0n) is 10.8. The molecule has 2 aromatic rings. The molecule has 0 radical (unpaired) electrons. The predicted molar refractivity (Wildman–Crippen MR) is 72.4 cm³/mol. The molecule has 0 aliphatic heterocycles. The van der Waals surface area contributed by atoms with Crippen molar-refractivity contribution in [3.63, 3.8) is 0 Å². The number of hydrogen-bond donors (Lipinski definition) is 1. The number of ether oxygens (including phenoxy) is 1. The van der Waals surface area contributed by atoms with Crippen LogP contribution in [0.4, 0.5) is 14.6 Å². The summed E-state index contributed by atoms with van der Waals surface area (Å²) in [6, 6.07) is 11.2. The second-order valence-electron chi connectivity index (χ2n) is 4.18. The molecule has 4 nitrogen and oxygen atoms in total. The summed E-state index contributed by atoms with van der Waals surface area (Å²) < 4.78 is 28.7. The van der Waals surface area contributed by atoms with Crippen LogP contribution in [0.15, 0.2) is 36.4 Å². The number of alkyl halides is 2. The van der Waals surface area contributed by atoms with E-state index in [0.717, 1.165) is 5.56 Å². The number of nitrogens with zero attached hydrogens (tertiary/aromatic N) is 2. The highest BCUT2D eigenvalue weighted by atomic mass is 19.3. The Bertz CT molecular complexity index is 549. The first-order valence-electron chi connectivity index (χ1n) is 6.20. The van der Waals surface area contributed by atoms with E-state index in [-0.39, 0.29) is 6.61 Å². The number of halogens is 2. The van der Waals surface area contributed by atoms with Crippen LogP contribution < -0.4 is 5.73 Å². The van der Waals surface area contributed by atoms with Crippen molar-refractivity contribution < 1.29 is 13.5 Å². The molecule has 106 valence electrons. The number of benzene rings is 1. The summed E-state index contributed by atoms with van der Waals surface area (Å²) in [6.45, 7) is -0.435. The first kappa shape index (κ1) is 14.3. The number of aromatic nitrogens is 2. The number of anilines is 1. The molecule has 1 aromatic carbocycles. The van der Waals surface area contributed by atoms with E-state index in [1.807, 2.05) is 30.3 Å². The van der Waals surface area contributed by atoms with Gasteiger partial charge in [0.05, 0.1) is 12.3 Å². The zero-order chi connectivity index (χ0) is 14.4. The van der Waals surface area contributed by atoms with Gasteiger partial charge in [0.1, 0.15) is 18.2 Å². The molecule has 6 heteroatoms. The first-order chi connectivity index (χ1) is 9.65. The molecule has 0 saturated carbocycles. The SMILES string of the molecule is Nc1cc(-c2ccccc2)nc(CCOCC(F)F)n1. The quantitative estimate of drug-likeness (QED) is 0.825. The molecule has 2 N–H and O–H groups in total. The number of nitrogen functional groups attached to an aromatic ring is 1. The van der Waals surface area contributed by atoms with Gasteiger partial charge in [0, 0.05) is 18.1 Å². The Balaban J connectivity index is 2.05. The summed E-state index contributed by atoms with van der Waals surface area (Å²) in [4.78, 5) is 8.44. The molecule has 0 fully saturated rings. The van der Waals surface area contributed by atoms with Gasteiger partial charge in [0.2, 0.25) is 0 Å². The van der Waals surface area contributed by atoms with Gasteiger partial charge >= 0.3 is 0 Å². The lowest BCUT2D eigenvalue weighted by Crippen LogP contribution is -2.09. The second-order valence-corrected chi connectivity index (χ2v) is 4.18. The maximum atomic E-state index is 11.9. The Labute approximate surface area is 115 Å². The van der Waals surface area contributed by atoms with E-state index >= 15 is 0 Å². The molecular weight excluding hydrogens is 264 g/mol. The highest BCUT2D eigenvalue weighted by Gasteiger charge is 2.06. The summed E-state index contributed by atoms with van der Waals surface area (Å²) >= 11 is 0. The topological polar surface area (TPSA) is 61.0 Å². The largest absolute Gasteiger partial charge is 0.384 e. The Hall–Kier alpha value is -2.08. The van der Waals surface area contributed by atoms with Crippen LogP contribution in [0.3, 0.4) is 0 Å². The molecule has 1 aromatic heterocycles. The van der Waals surface area contributed by atoms with Gasteiger partial charge in [-0.25, -0.2) is 18.7 Å². The number of nitrogens with two attached hydrogens (primary N) is 1. The molecule has 0 saturated heterocycles. The third kappa shape index (κ3) is 4.24. The third-order valence-corrected chi connectivity index (χ3v) is 2.58. The van der Waals surface area contributed by atoms with Gasteiger partial charge in [-0.15, -0.1) is 0 Å².